The third-order valence-electron chi connectivity index (χ3n) is 2.82. The third-order valence-corrected chi connectivity index (χ3v) is 3.92. The fraction of sp³-hybridized carbons (Fsp3) is 0.250. The molecule has 0 radical (unpaired) electrons. The van der Waals surface area contributed by atoms with Gasteiger partial charge in [-0.1, -0.05) is 50.1 Å². The van der Waals surface area contributed by atoms with Crippen LogP contribution in [0.2, 0.25) is 0 Å². The van der Waals surface area contributed by atoms with Crippen LogP contribution in [0.15, 0.2) is 46.9 Å². The first kappa shape index (κ1) is 16.2. The summed E-state index contributed by atoms with van der Waals surface area (Å²) >= 11 is 6.87. The summed E-state index contributed by atoms with van der Waals surface area (Å²) in [6, 6.07) is 13.6. The molecule has 2 rings (SSSR count). The standard InChI is InChI=1S/C16H16Br2O3/c1-19-15-7-2-4-12(11-17)16(15)21-9-8-20-14-6-3-5-13(18)10-14/h2-7,10H,8-9,11H2,1H3. The lowest BCUT2D eigenvalue weighted by molar-refractivity contribution is 0.210. The predicted molar refractivity (Wildman–Crippen MR) is 90.8 cm³/mol. The molecule has 0 unspecified atom stereocenters. The third kappa shape index (κ3) is 4.64. The molecule has 0 fully saturated rings. The average Bonchev–Trinajstić information content (AvgIpc) is 2.51. The lowest BCUT2D eigenvalue weighted by Gasteiger charge is -2.14. The van der Waals surface area contributed by atoms with E-state index in [-0.39, 0.29) is 0 Å². The van der Waals surface area contributed by atoms with Gasteiger partial charge in [-0.3, -0.25) is 0 Å². The Morgan fingerprint density at radius 1 is 1.00 bits per heavy atom. The number of hydrogen-bond donors (Lipinski definition) is 0. The van der Waals surface area contributed by atoms with Crippen molar-refractivity contribution in [3.05, 3.63) is 52.5 Å². The molecule has 3 nitrogen and oxygen atoms in total. The van der Waals surface area contributed by atoms with E-state index in [9.17, 15) is 0 Å². The van der Waals surface area contributed by atoms with E-state index in [1.54, 1.807) is 7.11 Å². The highest BCUT2D eigenvalue weighted by Crippen LogP contribution is 2.32. The summed E-state index contributed by atoms with van der Waals surface area (Å²) < 4.78 is 17.8. The van der Waals surface area contributed by atoms with Gasteiger partial charge in [0, 0.05) is 15.4 Å². The summed E-state index contributed by atoms with van der Waals surface area (Å²) in [5.74, 6) is 2.30. The molecule has 2 aromatic carbocycles. The molecule has 0 aromatic heterocycles. The summed E-state index contributed by atoms with van der Waals surface area (Å²) in [5, 5.41) is 0.714. The minimum atomic E-state index is 0.451. The van der Waals surface area contributed by atoms with Gasteiger partial charge in [0.05, 0.1) is 7.11 Å². The van der Waals surface area contributed by atoms with Gasteiger partial charge in [-0.05, 0) is 24.3 Å². The maximum atomic E-state index is 5.81. The topological polar surface area (TPSA) is 27.7 Å². The Bertz CT molecular complexity index is 565. The van der Waals surface area contributed by atoms with Gasteiger partial charge in [0.2, 0.25) is 0 Å². The van der Waals surface area contributed by atoms with Crippen LogP contribution in [0, 0.1) is 0 Å². The quantitative estimate of drug-likeness (QED) is 0.479. The molecule has 2 aromatic rings. The Morgan fingerprint density at radius 2 is 1.76 bits per heavy atom. The molecule has 0 atom stereocenters. The molecular formula is C16H16Br2O3. The largest absolute Gasteiger partial charge is 0.493 e. The number of halogens is 2. The normalized spacial score (nSPS) is 10.2. The van der Waals surface area contributed by atoms with Crippen LogP contribution < -0.4 is 14.2 Å². The number of benzene rings is 2. The van der Waals surface area contributed by atoms with Crippen molar-refractivity contribution in [2.75, 3.05) is 20.3 Å². The van der Waals surface area contributed by atoms with E-state index in [2.05, 4.69) is 31.9 Å². The highest BCUT2D eigenvalue weighted by atomic mass is 79.9. The minimum absolute atomic E-state index is 0.451. The van der Waals surface area contributed by atoms with Crippen LogP contribution in [0.4, 0.5) is 0 Å². The van der Waals surface area contributed by atoms with Crippen LogP contribution in [-0.4, -0.2) is 20.3 Å². The molecule has 112 valence electrons. The van der Waals surface area contributed by atoms with Gasteiger partial charge in [0.15, 0.2) is 11.5 Å². The number of alkyl halides is 1. The van der Waals surface area contributed by atoms with Crippen molar-refractivity contribution in [2.24, 2.45) is 0 Å². The Labute approximate surface area is 141 Å². The Morgan fingerprint density at radius 3 is 2.48 bits per heavy atom. The second-order valence-electron chi connectivity index (χ2n) is 4.24. The number of hydrogen-bond acceptors (Lipinski definition) is 3. The monoisotopic (exact) mass is 414 g/mol. The minimum Gasteiger partial charge on any atom is -0.493 e. The summed E-state index contributed by atoms with van der Waals surface area (Å²) in [6.45, 7) is 0.920. The van der Waals surface area contributed by atoms with Crippen molar-refractivity contribution in [3.63, 3.8) is 0 Å². The zero-order valence-electron chi connectivity index (χ0n) is 11.6. The van der Waals surface area contributed by atoms with E-state index >= 15 is 0 Å². The average molecular weight is 416 g/mol. The molecular weight excluding hydrogens is 400 g/mol. The Hall–Kier alpha value is -1.20. The van der Waals surface area contributed by atoms with Crippen molar-refractivity contribution in [3.8, 4) is 17.2 Å². The first-order valence-electron chi connectivity index (χ1n) is 6.47. The fourth-order valence-electron chi connectivity index (χ4n) is 1.85. The highest BCUT2D eigenvalue weighted by Gasteiger charge is 2.09. The van der Waals surface area contributed by atoms with Gasteiger partial charge in [-0.15, -0.1) is 0 Å². The van der Waals surface area contributed by atoms with Gasteiger partial charge >= 0.3 is 0 Å². The molecule has 0 aliphatic rings. The van der Waals surface area contributed by atoms with Crippen LogP contribution >= 0.6 is 31.9 Å². The number of para-hydroxylation sites is 1. The van der Waals surface area contributed by atoms with Crippen molar-refractivity contribution in [2.45, 2.75) is 5.33 Å². The first-order chi connectivity index (χ1) is 10.2. The van der Waals surface area contributed by atoms with Crippen LogP contribution in [-0.2, 0) is 5.33 Å². The lowest BCUT2D eigenvalue weighted by atomic mass is 10.2. The lowest BCUT2D eigenvalue weighted by Crippen LogP contribution is -2.10. The van der Waals surface area contributed by atoms with Gasteiger partial charge < -0.3 is 14.2 Å². The molecule has 5 heteroatoms. The number of methoxy groups -OCH3 is 1. The van der Waals surface area contributed by atoms with E-state index in [1.165, 1.54) is 0 Å². The maximum Gasteiger partial charge on any atom is 0.165 e. The molecule has 0 spiro atoms. The summed E-state index contributed by atoms with van der Waals surface area (Å²) in [5.41, 5.74) is 1.05. The zero-order chi connectivity index (χ0) is 15.1. The second-order valence-corrected chi connectivity index (χ2v) is 5.71. The van der Waals surface area contributed by atoms with Crippen molar-refractivity contribution < 1.29 is 14.2 Å². The van der Waals surface area contributed by atoms with Gasteiger partial charge in [0.25, 0.3) is 0 Å². The summed E-state index contributed by atoms with van der Waals surface area (Å²) in [4.78, 5) is 0. The SMILES string of the molecule is COc1cccc(CBr)c1OCCOc1cccc(Br)c1. The molecule has 0 heterocycles. The van der Waals surface area contributed by atoms with Gasteiger partial charge in [0.1, 0.15) is 19.0 Å². The fourth-order valence-corrected chi connectivity index (χ4v) is 2.67. The van der Waals surface area contributed by atoms with Crippen LogP contribution in [0.3, 0.4) is 0 Å². The zero-order valence-corrected chi connectivity index (χ0v) is 14.8. The van der Waals surface area contributed by atoms with Crippen LogP contribution in [0.25, 0.3) is 0 Å². The molecule has 0 saturated carbocycles. The molecule has 0 aliphatic carbocycles. The second kappa shape index (κ2) is 8.29. The summed E-state index contributed by atoms with van der Waals surface area (Å²) in [7, 11) is 1.64. The van der Waals surface area contributed by atoms with E-state index < -0.39 is 0 Å². The van der Waals surface area contributed by atoms with Crippen LogP contribution in [0.5, 0.6) is 17.2 Å². The van der Waals surface area contributed by atoms with Crippen molar-refractivity contribution in [1.29, 1.82) is 0 Å². The molecule has 21 heavy (non-hydrogen) atoms. The van der Waals surface area contributed by atoms with Crippen LogP contribution in [0.1, 0.15) is 5.56 Å². The molecule has 0 bridgehead atoms. The van der Waals surface area contributed by atoms with E-state index in [1.807, 2.05) is 42.5 Å². The van der Waals surface area contributed by atoms with E-state index in [4.69, 9.17) is 14.2 Å². The van der Waals surface area contributed by atoms with Gasteiger partial charge in [-0.25, -0.2) is 0 Å². The predicted octanol–water partition coefficient (Wildman–Crippen LogP) is 4.81. The smallest absolute Gasteiger partial charge is 0.165 e. The molecule has 0 amide bonds. The summed E-state index contributed by atoms with van der Waals surface area (Å²) in [6.07, 6.45) is 0. The van der Waals surface area contributed by atoms with E-state index in [0.717, 1.165) is 27.3 Å². The van der Waals surface area contributed by atoms with Crippen molar-refractivity contribution in [1.82, 2.24) is 0 Å². The molecule has 0 aliphatic heterocycles. The first-order valence-corrected chi connectivity index (χ1v) is 8.39. The van der Waals surface area contributed by atoms with Crippen molar-refractivity contribution >= 4 is 31.9 Å². The molecule has 0 saturated heterocycles. The molecule has 0 N–H and O–H groups in total. The Kier molecular flexibility index (Phi) is 6.39. The Balaban J connectivity index is 1.91. The number of rotatable bonds is 7. The van der Waals surface area contributed by atoms with E-state index in [0.29, 0.717) is 18.5 Å². The maximum absolute atomic E-state index is 5.81. The number of ether oxygens (including phenoxy) is 3. The van der Waals surface area contributed by atoms with Gasteiger partial charge in [-0.2, -0.15) is 0 Å². The highest BCUT2D eigenvalue weighted by molar-refractivity contribution is 9.10.